The highest BCUT2D eigenvalue weighted by Gasteiger charge is 2.48. The number of benzene rings is 1. The van der Waals surface area contributed by atoms with Crippen LogP contribution in [0.15, 0.2) is 30.3 Å². The van der Waals surface area contributed by atoms with E-state index in [1.54, 1.807) is 0 Å². The molecule has 0 aromatic heterocycles. The Labute approximate surface area is 185 Å². The molecule has 1 unspecified atom stereocenters. The Bertz CT molecular complexity index is 881. The Kier molecular flexibility index (Phi) is 6.45. The smallest absolute Gasteiger partial charge is 0.404 e. The Morgan fingerprint density at radius 2 is 1.78 bits per heavy atom. The molecule has 2 saturated heterocycles. The fourth-order valence-corrected chi connectivity index (χ4v) is 4.62. The second kappa shape index (κ2) is 9.43. The number of nitrogens with zero attached hydrogens (tertiary/aromatic N) is 2. The summed E-state index contributed by atoms with van der Waals surface area (Å²) in [6.07, 6.45) is 1.47. The average Bonchev–Trinajstić information content (AvgIpc) is 3.34. The van der Waals surface area contributed by atoms with E-state index in [2.05, 4.69) is 16.2 Å². The first-order valence-electron chi connectivity index (χ1n) is 10.8. The molecule has 172 valence electrons. The van der Waals surface area contributed by atoms with Crippen molar-refractivity contribution in [2.75, 3.05) is 6.54 Å². The van der Waals surface area contributed by atoms with Crippen LogP contribution >= 0.6 is 0 Å². The van der Waals surface area contributed by atoms with Crippen molar-refractivity contribution in [1.29, 1.82) is 0 Å². The maximum Gasteiger partial charge on any atom is 0.404 e. The van der Waals surface area contributed by atoms with Crippen molar-refractivity contribution in [3.63, 3.8) is 0 Å². The van der Waals surface area contributed by atoms with E-state index in [0.29, 0.717) is 38.6 Å². The summed E-state index contributed by atoms with van der Waals surface area (Å²) in [4.78, 5) is 55.8. The summed E-state index contributed by atoms with van der Waals surface area (Å²) in [6, 6.07) is 8.11. The zero-order chi connectivity index (χ0) is 22.7. The van der Waals surface area contributed by atoms with Gasteiger partial charge in [-0.25, -0.2) is 9.59 Å². The van der Waals surface area contributed by atoms with Crippen molar-refractivity contribution >= 4 is 23.9 Å². The Morgan fingerprint density at radius 3 is 2.53 bits per heavy atom. The van der Waals surface area contributed by atoms with Gasteiger partial charge in [0, 0.05) is 18.5 Å². The molecule has 2 aliphatic heterocycles. The van der Waals surface area contributed by atoms with E-state index < -0.39 is 18.0 Å². The zero-order valence-electron chi connectivity index (χ0n) is 17.5. The molecule has 1 saturated carbocycles. The number of hydrazine groups is 1. The normalized spacial score (nSPS) is 26.7. The lowest BCUT2D eigenvalue weighted by atomic mass is 10.0. The molecule has 1 aliphatic carbocycles. The lowest BCUT2D eigenvalue weighted by molar-refractivity contribution is -0.140. The van der Waals surface area contributed by atoms with Crippen LogP contribution in [0.4, 0.5) is 9.59 Å². The van der Waals surface area contributed by atoms with Crippen LogP contribution in [0.3, 0.4) is 0 Å². The van der Waals surface area contributed by atoms with Crippen LogP contribution in [0.1, 0.15) is 37.7 Å². The predicted molar refractivity (Wildman–Crippen MR) is 111 cm³/mol. The third-order valence-electron chi connectivity index (χ3n) is 6.28. The van der Waals surface area contributed by atoms with E-state index in [0.717, 1.165) is 5.56 Å². The van der Waals surface area contributed by atoms with Gasteiger partial charge in [0.25, 0.3) is 5.91 Å². The van der Waals surface area contributed by atoms with Gasteiger partial charge in [-0.3, -0.25) is 25.3 Å². The highest BCUT2D eigenvalue weighted by Crippen LogP contribution is 2.30. The molecular formula is C21H27N5O6. The number of hydrogen-bond acceptors (Lipinski definition) is 5. The number of amides is 5. The molecule has 0 spiro atoms. The average molecular weight is 445 g/mol. The van der Waals surface area contributed by atoms with Gasteiger partial charge in [0.05, 0.1) is 6.04 Å². The number of carbonyl (C=O) groups is 4. The van der Waals surface area contributed by atoms with E-state index in [1.807, 2.05) is 30.3 Å². The predicted octanol–water partition coefficient (Wildman–Crippen LogP) is 0.971. The van der Waals surface area contributed by atoms with Crippen molar-refractivity contribution in [1.82, 2.24) is 26.1 Å². The number of rotatable bonds is 6. The van der Waals surface area contributed by atoms with E-state index >= 15 is 0 Å². The third-order valence-corrected chi connectivity index (χ3v) is 6.28. The SMILES string of the molecule is O=C(O)NC1CC[C@H](C(=O)NNC(=O)[C@@H]2CC[C@@H]3CN2C(=O)N3OCc2ccccc2)C1. The highest BCUT2D eigenvalue weighted by atomic mass is 16.7. The number of fused-ring (bicyclic) bond motifs is 2. The fraction of sp³-hybridized carbons (Fsp3) is 0.524. The number of nitrogens with one attached hydrogen (secondary N) is 3. The summed E-state index contributed by atoms with van der Waals surface area (Å²) in [7, 11) is 0. The Hall–Kier alpha value is -3.34. The van der Waals surface area contributed by atoms with Crippen LogP contribution in [0.5, 0.6) is 0 Å². The Balaban J connectivity index is 1.26. The van der Waals surface area contributed by atoms with Gasteiger partial charge in [-0.2, -0.15) is 5.06 Å². The van der Waals surface area contributed by atoms with Gasteiger partial charge in [-0.15, -0.1) is 0 Å². The molecule has 3 fully saturated rings. The maximum atomic E-state index is 12.8. The first-order chi connectivity index (χ1) is 15.4. The van der Waals surface area contributed by atoms with Gasteiger partial charge in [0.15, 0.2) is 0 Å². The molecule has 1 aromatic rings. The summed E-state index contributed by atoms with van der Waals surface area (Å²) >= 11 is 0. The highest BCUT2D eigenvalue weighted by molar-refractivity contribution is 5.90. The molecule has 0 radical (unpaired) electrons. The van der Waals surface area contributed by atoms with E-state index in [1.165, 1.54) is 9.96 Å². The fourth-order valence-electron chi connectivity index (χ4n) is 4.62. The minimum atomic E-state index is -1.11. The van der Waals surface area contributed by atoms with Crippen LogP contribution in [0, 0.1) is 5.92 Å². The topological polar surface area (TPSA) is 140 Å². The van der Waals surface area contributed by atoms with Gasteiger partial charge in [-0.05, 0) is 37.7 Å². The summed E-state index contributed by atoms with van der Waals surface area (Å²) in [5, 5.41) is 12.5. The molecule has 2 heterocycles. The second-order valence-corrected chi connectivity index (χ2v) is 8.40. The van der Waals surface area contributed by atoms with E-state index in [9.17, 15) is 19.2 Å². The third kappa shape index (κ3) is 4.77. The monoisotopic (exact) mass is 445 g/mol. The lowest BCUT2D eigenvalue weighted by Gasteiger charge is -2.29. The van der Waals surface area contributed by atoms with Crippen molar-refractivity contribution in [2.45, 2.75) is 56.8 Å². The first kappa shape index (κ1) is 21.9. The number of piperidine rings is 1. The zero-order valence-corrected chi connectivity index (χ0v) is 17.5. The van der Waals surface area contributed by atoms with Crippen molar-refractivity contribution in [3.05, 3.63) is 35.9 Å². The maximum absolute atomic E-state index is 12.8. The van der Waals surface area contributed by atoms with Crippen LogP contribution in [0.2, 0.25) is 0 Å². The van der Waals surface area contributed by atoms with Crippen LogP contribution < -0.4 is 16.2 Å². The van der Waals surface area contributed by atoms with Crippen LogP contribution in [0.25, 0.3) is 0 Å². The number of carbonyl (C=O) groups excluding carboxylic acids is 3. The minimum Gasteiger partial charge on any atom is -0.465 e. The number of hydrogen-bond donors (Lipinski definition) is 4. The molecule has 3 aliphatic rings. The molecule has 2 bridgehead atoms. The van der Waals surface area contributed by atoms with Gasteiger partial charge >= 0.3 is 12.1 Å². The van der Waals surface area contributed by atoms with Gasteiger partial charge in [0.1, 0.15) is 12.6 Å². The molecule has 4 atom stereocenters. The van der Waals surface area contributed by atoms with E-state index in [4.69, 9.17) is 9.94 Å². The molecule has 11 heteroatoms. The number of carboxylic acid groups (broad SMARTS) is 1. The van der Waals surface area contributed by atoms with Gasteiger partial charge in [-0.1, -0.05) is 30.3 Å². The van der Waals surface area contributed by atoms with Crippen molar-refractivity contribution < 1.29 is 29.1 Å². The molecule has 11 nitrogen and oxygen atoms in total. The summed E-state index contributed by atoms with van der Waals surface area (Å²) in [6.45, 7) is 0.660. The minimum absolute atomic E-state index is 0.109. The van der Waals surface area contributed by atoms with Gasteiger partial charge in [0.2, 0.25) is 5.91 Å². The van der Waals surface area contributed by atoms with Crippen molar-refractivity contribution in [2.24, 2.45) is 5.92 Å². The van der Waals surface area contributed by atoms with E-state index in [-0.39, 0.29) is 36.5 Å². The molecule has 5 amide bonds. The number of urea groups is 1. The standard InChI is InChI=1S/C21H27N5O6/c27-18(14-6-7-15(10-14)22-20(29)30)23-24-19(28)17-9-8-16-11-25(17)21(31)26(16)32-12-13-4-2-1-3-5-13/h1-5,14-17,22H,6-12H2,(H,23,27)(H,24,28)(H,29,30)/t14-,15?,16+,17-/m0/s1. The molecular weight excluding hydrogens is 418 g/mol. The number of hydroxylamine groups is 2. The molecule has 1 aromatic carbocycles. The Morgan fingerprint density at radius 1 is 1.03 bits per heavy atom. The van der Waals surface area contributed by atoms with Crippen molar-refractivity contribution in [3.8, 4) is 0 Å². The second-order valence-electron chi connectivity index (χ2n) is 8.40. The lowest BCUT2D eigenvalue weighted by Crippen LogP contribution is -2.54. The molecule has 4 N–H and O–H groups in total. The largest absolute Gasteiger partial charge is 0.465 e. The molecule has 4 rings (SSSR count). The van der Waals surface area contributed by atoms with Gasteiger partial charge < -0.3 is 15.3 Å². The summed E-state index contributed by atoms with van der Waals surface area (Å²) in [5.41, 5.74) is 5.81. The molecule has 32 heavy (non-hydrogen) atoms. The summed E-state index contributed by atoms with van der Waals surface area (Å²) in [5.74, 6) is -1.19. The summed E-state index contributed by atoms with van der Waals surface area (Å²) < 4.78 is 0. The quantitative estimate of drug-likeness (QED) is 0.481. The van der Waals surface area contributed by atoms with Crippen LogP contribution in [-0.2, 0) is 21.0 Å². The van der Waals surface area contributed by atoms with Crippen LogP contribution in [-0.4, -0.2) is 63.7 Å². The first-order valence-corrected chi connectivity index (χ1v) is 10.8.